The van der Waals surface area contributed by atoms with Crippen molar-refractivity contribution in [1.82, 2.24) is 20.3 Å². The Bertz CT molecular complexity index is 1130. The summed E-state index contributed by atoms with van der Waals surface area (Å²) in [6.45, 7) is 4.21. The molecular formula is C25H26N4. The molecule has 146 valence electrons. The van der Waals surface area contributed by atoms with Gasteiger partial charge in [-0.3, -0.25) is 9.97 Å². The number of aryl methyl sites for hydroxylation is 2. The minimum Gasteiger partial charge on any atom is -0.357 e. The van der Waals surface area contributed by atoms with E-state index in [2.05, 4.69) is 75.7 Å². The van der Waals surface area contributed by atoms with Crippen molar-refractivity contribution in [1.29, 1.82) is 0 Å². The fourth-order valence-corrected chi connectivity index (χ4v) is 4.47. The van der Waals surface area contributed by atoms with Gasteiger partial charge in [0.05, 0.1) is 17.6 Å². The molecule has 2 atom stereocenters. The molecule has 0 saturated carbocycles. The molecule has 5 rings (SSSR count). The zero-order chi connectivity index (χ0) is 19.8. The van der Waals surface area contributed by atoms with Gasteiger partial charge in [-0.2, -0.15) is 0 Å². The molecule has 29 heavy (non-hydrogen) atoms. The molecule has 2 unspecified atom stereocenters. The first-order valence-electron chi connectivity index (χ1n) is 10.4. The number of rotatable bonds is 4. The number of H-pyrrole nitrogens is 1. The van der Waals surface area contributed by atoms with Crippen LogP contribution in [0, 0.1) is 6.92 Å². The van der Waals surface area contributed by atoms with E-state index < -0.39 is 0 Å². The first-order valence-corrected chi connectivity index (χ1v) is 10.4. The molecular weight excluding hydrogens is 356 g/mol. The standard InChI is InChI=1S/C25H26N4/c1-16-14-27-24(15-26-16)19-11-12-22-21(13-19)20-9-6-10-23(25(20)29-22)28-17(2)18-7-4-3-5-8-18/h3-5,7-8,11-15,17,23,28-29H,6,9-10H2,1-2H3. The summed E-state index contributed by atoms with van der Waals surface area (Å²) in [5.74, 6) is 0. The third kappa shape index (κ3) is 3.45. The van der Waals surface area contributed by atoms with E-state index in [0.29, 0.717) is 12.1 Å². The predicted molar refractivity (Wildman–Crippen MR) is 118 cm³/mol. The molecule has 0 radical (unpaired) electrons. The SMILES string of the molecule is Cc1cnc(-c2ccc3[nH]c4c(c3c2)CCCC4NC(C)c2ccccc2)cn1. The molecule has 1 aliphatic rings. The highest BCUT2D eigenvalue weighted by Crippen LogP contribution is 2.37. The summed E-state index contributed by atoms with van der Waals surface area (Å²) in [4.78, 5) is 12.7. The average molecular weight is 383 g/mol. The van der Waals surface area contributed by atoms with Crippen LogP contribution in [0.2, 0.25) is 0 Å². The second kappa shape index (κ2) is 7.45. The fourth-order valence-electron chi connectivity index (χ4n) is 4.47. The van der Waals surface area contributed by atoms with Crippen LogP contribution >= 0.6 is 0 Å². The molecule has 0 fully saturated rings. The molecule has 1 aliphatic carbocycles. The first kappa shape index (κ1) is 18.1. The zero-order valence-electron chi connectivity index (χ0n) is 16.9. The molecule has 0 amide bonds. The van der Waals surface area contributed by atoms with Gasteiger partial charge in [0.2, 0.25) is 0 Å². The highest BCUT2D eigenvalue weighted by Gasteiger charge is 2.25. The number of fused-ring (bicyclic) bond motifs is 3. The van der Waals surface area contributed by atoms with Gasteiger partial charge < -0.3 is 10.3 Å². The largest absolute Gasteiger partial charge is 0.357 e. The maximum atomic E-state index is 4.55. The summed E-state index contributed by atoms with van der Waals surface area (Å²) in [5, 5.41) is 5.17. The zero-order valence-corrected chi connectivity index (χ0v) is 16.9. The number of aromatic amines is 1. The first-order chi connectivity index (χ1) is 14.2. The monoisotopic (exact) mass is 382 g/mol. The Balaban J connectivity index is 1.49. The smallest absolute Gasteiger partial charge is 0.0885 e. The number of hydrogen-bond acceptors (Lipinski definition) is 3. The quantitative estimate of drug-likeness (QED) is 0.479. The Labute approximate surface area is 171 Å². The van der Waals surface area contributed by atoms with E-state index in [1.807, 2.05) is 19.3 Å². The molecule has 0 bridgehead atoms. The van der Waals surface area contributed by atoms with Crippen LogP contribution in [0.15, 0.2) is 60.9 Å². The molecule has 2 heterocycles. The lowest BCUT2D eigenvalue weighted by Crippen LogP contribution is -2.27. The summed E-state index contributed by atoms with van der Waals surface area (Å²) in [7, 11) is 0. The lowest BCUT2D eigenvalue weighted by molar-refractivity contribution is 0.410. The minimum atomic E-state index is 0.317. The summed E-state index contributed by atoms with van der Waals surface area (Å²) in [6, 6.07) is 17.9. The number of benzene rings is 2. The Morgan fingerprint density at radius 1 is 1.07 bits per heavy atom. The minimum absolute atomic E-state index is 0.317. The molecule has 2 aromatic heterocycles. The van der Waals surface area contributed by atoms with Crippen LogP contribution in [0.1, 0.15) is 54.4 Å². The number of aromatic nitrogens is 3. The van der Waals surface area contributed by atoms with Crippen LogP contribution in [-0.4, -0.2) is 15.0 Å². The van der Waals surface area contributed by atoms with Crippen molar-refractivity contribution >= 4 is 10.9 Å². The second-order valence-electron chi connectivity index (χ2n) is 8.06. The fraction of sp³-hybridized carbons (Fsp3) is 0.280. The van der Waals surface area contributed by atoms with Crippen LogP contribution in [0.5, 0.6) is 0 Å². The van der Waals surface area contributed by atoms with Crippen molar-refractivity contribution in [3.05, 3.63) is 83.4 Å². The molecule has 4 heteroatoms. The Morgan fingerprint density at radius 3 is 2.72 bits per heavy atom. The Kier molecular flexibility index (Phi) is 4.64. The number of hydrogen-bond donors (Lipinski definition) is 2. The van der Waals surface area contributed by atoms with E-state index in [1.165, 1.54) is 34.1 Å². The van der Waals surface area contributed by atoms with Crippen molar-refractivity contribution in [2.24, 2.45) is 0 Å². The normalized spacial score (nSPS) is 17.2. The van der Waals surface area contributed by atoms with Gasteiger partial charge in [0.1, 0.15) is 0 Å². The summed E-state index contributed by atoms with van der Waals surface area (Å²) in [5.41, 5.74) is 8.33. The topological polar surface area (TPSA) is 53.6 Å². The molecule has 0 spiro atoms. The highest BCUT2D eigenvalue weighted by atomic mass is 15.0. The van der Waals surface area contributed by atoms with Gasteiger partial charge >= 0.3 is 0 Å². The van der Waals surface area contributed by atoms with Gasteiger partial charge in [0, 0.05) is 40.4 Å². The third-order valence-electron chi connectivity index (χ3n) is 6.03. The Hall–Kier alpha value is -2.98. The lowest BCUT2D eigenvalue weighted by Gasteiger charge is -2.27. The van der Waals surface area contributed by atoms with Crippen LogP contribution in [0.3, 0.4) is 0 Å². The Morgan fingerprint density at radius 2 is 1.93 bits per heavy atom. The number of nitrogens with one attached hydrogen (secondary N) is 2. The van der Waals surface area contributed by atoms with Crippen LogP contribution in [0.25, 0.3) is 22.2 Å². The second-order valence-corrected chi connectivity index (χ2v) is 8.06. The molecule has 2 N–H and O–H groups in total. The molecule has 2 aromatic carbocycles. The van der Waals surface area contributed by atoms with E-state index in [-0.39, 0.29) is 0 Å². The summed E-state index contributed by atoms with van der Waals surface area (Å²) in [6.07, 6.45) is 7.18. The average Bonchev–Trinajstić information content (AvgIpc) is 3.14. The van der Waals surface area contributed by atoms with Gasteiger partial charge in [0.25, 0.3) is 0 Å². The number of nitrogens with zero attached hydrogens (tertiary/aromatic N) is 2. The van der Waals surface area contributed by atoms with Crippen molar-refractivity contribution in [3.63, 3.8) is 0 Å². The van der Waals surface area contributed by atoms with Crippen molar-refractivity contribution in [3.8, 4) is 11.3 Å². The van der Waals surface area contributed by atoms with Crippen LogP contribution in [0.4, 0.5) is 0 Å². The molecule has 0 saturated heterocycles. The van der Waals surface area contributed by atoms with E-state index in [0.717, 1.165) is 29.8 Å². The lowest BCUT2D eigenvalue weighted by atomic mass is 9.90. The molecule has 0 aliphatic heterocycles. The summed E-state index contributed by atoms with van der Waals surface area (Å²) >= 11 is 0. The van der Waals surface area contributed by atoms with E-state index in [9.17, 15) is 0 Å². The van der Waals surface area contributed by atoms with Gasteiger partial charge in [-0.05, 0) is 56.4 Å². The van der Waals surface area contributed by atoms with Gasteiger partial charge in [-0.15, -0.1) is 0 Å². The molecule has 4 nitrogen and oxygen atoms in total. The van der Waals surface area contributed by atoms with E-state index in [4.69, 9.17) is 0 Å². The van der Waals surface area contributed by atoms with Gasteiger partial charge in [-0.1, -0.05) is 36.4 Å². The van der Waals surface area contributed by atoms with Crippen LogP contribution in [-0.2, 0) is 6.42 Å². The van der Waals surface area contributed by atoms with Gasteiger partial charge in [0.15, 0.2) is 0 Å². The molecule has 4 aromatic rings. The van der Waals surface area contributed by atoms with Crippen molar-refractivity contribution in [2.45, 2.75) is 45.2 Å². The van der Waals surface area contributed by atoms with Crippen molar-refractivity contribution < 1.29 is 0 Å². The summed E-state index contributed by atoms with van der Waals surface area (Å²) < 4.78 is 0. The maximum Gasteiger partial charge on any atom is 0.0885 e. The van der Waals surface area contributed by atoms with E-state index >= 15 is 0 Å². The van der Waals surface area contributed by atoms with Crippen molar-refractivity contribution in [2.75, 3.05) is 0 Å². The maximum absolute atomic E-state index is 4.55. The highest BCUT2D eigenvalue weighted by molar-refractivity contribution is 5.89. The van der Waals surface area contributed by atoms with E-state index in [1.54, 1.807) is 0 Å². The van der Waals surface area contributed by atoms with Gasteiger partial charge in [-0.25, -0.2) is 0 Å². The predicted octanol–water partition coefficient (Wildman–Crippen LogP) is 5.66. The van der Waals surface area contributed by atoms with Crippen LogP contribution < -0.4 is 5.32 Å². The third-order valence-corrected chi connectivity index (χ3v) is 6.03.